The molecule has 0 fully saturated rings. The van der Waals surface area contributed by atoms with Gasteiger partial charge in [-0.3, -0.25) is 0 Å². The lowest BCUT2D eigenvalue weighted by molar-refractivity contribution is 0.762. The van der Waals surface area contributed by atoms with E-state index in [9.17, 15) is 0 Å². The first-order valence-corrected chi connectivity index (χ1v) is 7.71. The van der Waals surface area contributed by atoms with Gasteiger partial charge in [0.05, 0.1) is 12.4 Å². The Hall–Kier alpha value is -1.87. The first kappa shape index (κ1) is 14.1. The smallest absolute Gasteiger partial charge is 0.160 e. The van der Waals surface area contributed by atoms with Crippen LogP contribution in [0.5, 0.6) is 0 Å². The number of rotatable bonds is 4. The highest BCUT2D eigenvalue weighted by molar-refractivity contribution is 6.16. The molecule has 2 heterocycles. The summed E-state index contributed by atoms with van der Waals surface area (Å²) in [6, 6.07) is 10.5. The Labute approximate surface area is 129 Å². The van der Waals surface area contributed by atoms with E-state index >= 15 is 0 Å². The van der Waals surface area contributed by atoms with Gasteiger partial charge in [-0.2, -0.15) is 0 Å². The molecule has 0 saturated heterocycles. The third-order valence-corrected chi connectivity index (χ3v) is 3.99. The number of fused-ring (bicyclic) bond motifs is 1. The fourth-order valence-electron chi connectivity index (χ4n) is 2.65. The Balaban J connectivity index is 2.11. The molecule has 0 radical (unpaired) electrons. The van der Waals surface area contributed by atoms with Crippen LogP contribution in [-0.4, -0.2) is 14.5 Å². The number of benzene rings is 1. The lowest BCUT2D eigenvalue weighted by atomic mass is 10.1. The van der Waals surface area contributed by atoms with Gasteiger partial charge >= 0.3 is 0 Å². The summed E-state index contributed by atoms with van der Waals surface area (Å²) in [4.78, 5) is 9.15. The van der Waals surface area contributed by atoms with E-state index in [1.165, 1.54) is 11.1 Å². The van der Waals surface area contributed by atoms with E-state index in [0.717, 1.165) is 35.5 Å². The number of aryl methyl sites for hydroxylation is 2. The van der Waals surface area contributed by atoms with E-state index in [-0.39, 0.29) is 0 Å². The first-order chi connectivity index (χ1) is 10.2. The van der Waals surface area contributed by atoms with E-state index < -0.39 is 0 Å². The summed E-state index contributed by atoms with van der Waals surface area (Å²) in [6.07, 6.45) is 2.90. The highest BCUT2D eigenvalue weighted by Gasteiger charge is 2.12. The van der Waals surface area contributed by atoms with Crippen molar-refractivity contribution in [2.75, 3.05) is 0 Å². The van der Waals surface area contributed by atoms with Crippen LogP contribution in [0.3, 0.4) is 0 Å². The zero-order valence-corrected chi connectivity index (χ0v) is 13.1. The Morgan fingerprint density at radius 3 is 2.67 bits per heavy atom. The zero-order chi connectivity index (χ0) is 14.8. The second-order valence-corrected chi connectivity index (χ2v) is 5.49. The van der Waals surface area contributed by atoms with Crippen molar-refractivity contribution in [1.29, 1.82) is 0 Å². The number of aromatic nitrogens is 3. The highest BCUT2D eigenvalue weighted by Crippen LogP contribution is 2.20. The number of halogens is 1. The summed E-state index contributed by atoms with van der Waals surface area (Å²) < 4.78 is 2.12. The molecule has 3 aromatic rings. The molecule has 0 N–H and O–H groups in total. The SMILES string of the molecule is CCc1ccccc1Cn1c(CCl)nc2cc(C)cnc21. The third kappa shape index (κ3) is 2.66. The van der Waals surface area contributed by atoms with Crippen LogP contribution in [0.4, 0.5) is 0 Å². The van der Waals surface area contributed by atoms with Crippen molar-refractivity contribution >= 4 is 22.8 Å². The van der Waals surface area contributed by atoms with Crippen molar-refractivity contribution in [2.24, 2.45) is 0 Å². The van der Waals surface area contributed by atoms with E-state index in [1.54, 1.807) is 0 Å². The van der Waals surface area contributed by atoms with Crippen LogP contribution in [0.2, 0.25) is 0 Å². The summed E-state index contributed by atoms with van der Waals surface area (Å²) in [5.74, 6) is 1.26. The van der Waals surface area contributed by atoms with Crippen LogP contribution in [0, 0.1) is 6.92 Å². The minimum absolute atomic E-state index is 0.393. The molecule has 0 saturated carbocycles. The molecular weight excluding hydrogens is 282 g/mol. The molecule has 0 amide bonds. The van der Waals surface area contributed by atoms with E-state index in [1.807, 2.05) is 13.1 Å². The van der Waals surface area contributed by atoms with Crippen LogP contribution in [0.1, 0.15) is 29.4 Å². The molecule has 0 aliphatic rings. The summed E-state index contributed by atoms with van der Waals surface area (Å²) in [7, 11) is 0. The predicted molar refractivity (Wildman–Crippen MR) is 86.7 cm³/mol. The Morgan fingerprint density at radius 1 is 1.19 bits per heavy atom. The molecule has 0 spiro atoms. The molecule has 0 unspecified atom stereocenters. The van der Waals surface area contributed by atoms with Gasteiger partial charge in [-0.05, 0) is 36.1 Å². The number of imidazole rings is 1. The van der Waals surface area contributed by atoms with Gasteiger partial charge in [0.25, 0.3) is 0 Å². The normalized spacial score (nSPS) is 11.2. The van der Waals surface area contributed by atoms with Crippen LogP contribution in [0.15, 0.2) is 36.5 Å². The minimum Gasteiger partial charge on any atom is -0.307 e. The van der Waals surface area contributed by atoms with Crippen molar-refractivity contribution in [3.63, 3.8) is 0 Å². The fourth-order valence-corrected chi connectivity index (χ4v) is 2.86. The molecule has 4 heteroatoms. The van der Waals surface area contributed by atoms with Gasteiger partial charge in [0, 0.05) is 6.20 Å². The van der Waals surface area contributed by atoms with Crippen LogP contribution >= 0.6 is 11.6 Å². The maximum Gasteiger partial charge on any atom is 0.160 e. The maximum absolute atomic E-state index is 6.07. The molecule has 0 bridgehead atoms. The quantitative estimate of drug-likeness (QED) is 0.679. The molecule has 1 aromatic carbocycles. The van der Waals surface area contributed by atoms with Crippen LogP contribution in [-0.2, 0) is 18.8 Å². The number of hydrogen-bond donors (Lipinski definition) is 0. The average Bonchev–Trinajstić information content (AvgIpc) is 2.84. The van der Waals surface area contributed by atoms with Gasteiger partial charge in [0.1, 0.15) is 11.3 Å². The predicted octanol–water partition coefficient (Wildman–Crippen LogP) is 4.09. The Kier molecular flexibility index (Phi) is 3.93. The van der Waals surface area contributed by atoms with Gasteiger partial charge in [0.2, 0.25) is 0 Å². The summed E-state index contributed by atoms with van der Waals surface area (Å²) >= 11 is 6.07. The van der Waals surface area contributed by atoms with Crippen molar-refractivity contribution < 1.29 is 0 Å². The molecule has 108 valence electrons. The topological polar surface area (TPSA) is 30.7 Å². The molecule has 3 rings (SSSR count). The summed E-state index contributed by atoms with van der Waals surface area (Å²) in [6.45, 7) is 4.96. The third-order valence-electron chi connectivity index (χ3n) is 3.75. The number of alkyl halides is 1. The van der Waals surface area contributed by atoms with Crippen molar-refractivity contribution in [3.05, 3.63) is 59.0 Å². The van der Waals surface area contributed by atoms with Gasteiger partial charge in [0.15, 0.2) is 5.65 Å². The maximum atomic E-state index is 6.07. The second-order valence-electron chi connectivity index (χ2n) is 5.23. The van der Waals surface area contributed by atoms with Gasteiger partial charge in [-0.15, -0.1) is 11.6 Å². The molecule has 21 heavy (non-hydrogen) atoms. The average molecular weight is 300 g/mol. The summed E-state index contributed by atoms with van der Waals surface area (Å²) in [5.41, 5.74) is 5.59. The number of pyridine rings is 1. The van der Waals surface area contributed by atoms with Crippen LogP contribution in [0.25, 0.3) is 11.2 Å². The lowest BCUT2D eigenvalue weighted by Gasteiger charge is -2.11. The van der Waals surface area contributed by atoms with Crippen molar-refractivity contribution in [1.82, 2.24) is 14.5 Å². The molecule has 3 nitrogen and oxygen atoms in total. The van der Waals surface area contributed by atoms with E-state index in [2.05, 4.69) is 51.8 Å². The van der Waals surface area contributed by atoms with Gasteiger partial charge in [-0.25, -0.2) is 9.97 Å². The monoisotopic (exact) mass is 299 g/mol. The lowest BCUT2D eigenvalue weighted by Crippen LogP contribution is -2.06. The van der Waals surface area contributed by atoms with Gasteiger partial charge < -0.3 is 4.57 Å². The standard InChI is InChI=1S/C17H18ClN3/c1-3-13-6-4-5-7-14(13)11-21-16(9-18)20-15-8-12(2)10-19-17(15)21/h4-8,10H,3,9,11H2,1-2H3. The highest BCUT2D eigenvalue weighted by atomic mass is 35.5. The summed E-state index contributed by atoms with van der Waals surface area (Å²) in [5, 5.41) is 0. The largest absolute Gasteiger partial charge is 0.307 e. The number of hydrogen-bond acceptors (Lipinski definition) is 2. The first-order valence-electron chi connectivity index (χ1n) is 7.17. The second kappa shape index (κ2) is 5.86. The molecule has 2 aromatic heterocycles. The molecule has 0 aliphatic heterocycles. The van der Waals surface area contributed by atoms with E-state index in [4.69, 9.17) is 11.6 Å². The zero-order valence-electron chi connectivity index (χ0n) is 12.3. The number of nitrogens with zero attached hydrogens (tertiary/aromatic N) is 3. The van der Waals surface area contributed by atoms with Crippen LogP contribution < -0.4 is 0 Å². The van der Waals surface area contributed by atoms with Crippen molar-refractivity contribution in [3.8, 4) is 0 Å². The van der Waals surface area contributed by atoms with Gasteiger partial charge in [-0.1, -0.05) is 31.2 Å². The molecular formula is C17H18ClN3. The fraction of sp³-hybridized carbons (Fsp3) is 0.294. The van der Waals surface area contributed by atoms with E-state index in [0.29, 0.717) is 5.88 Å². The molecule has 0 aliphatic carbocycles. The Bertz CT molecular complexity index is 777. The molecule has 0 atom stereocenters. The minimum atomic E-state index is 0.393. The van der Waals surface area contributed by atoms with Crippen molar-refractivity contribution in [2.45, 2.75) is 32.7 Å². The Morgan fingerprint density at radius 2 is 1.95 bits per heavy atom.